The zero-order chi connectivity index (χ0) is 15.1. The van der Waals surface area contributed by atoms with E-state index in [1.807, 2.05) is 38.0 Å². The Balaban J connectivity index is 0.00000400. The SMILES string of the molecule is CN(C)C(=NCc1cccc(OCC(F)F)n1)N(C)C.I. The molecular weight excluding hydrogens is 393 g/mol. The van der Waals surface area contributed by atoms with Gasteiger partial charge in [-0.3, -0.25) is 0 Å². The number of aromatic nitrogens is 1. The molecule has 8 heteroatoms. The fourth-order valence-electron chi connectivity index (χ4n) is 1.61. The number of hydrogen-bond donors (Lipinski definition) is 0. The Kier molecular flexibility index (Phi) is 9.14. The molecule has 5 nitrogen and oxygen atoms in total. The van der Waals surface area contributed by atoms with Crippen molar-refractivity contribution in [3.63, 3.8) is 0 Å². The van der Waals surface area contributed by atoms with E-state index in [2.05, 4.69) is 9.98 Å². The van der Waals surface area contributed by atoms with Crippen LogP contribution in [-0.2, 0) is 6.54 Å². The molecular formula is C13H21F2IN4O. The fourth-order valence-corrected chi connectivity index (χ4v) is 1.61. The highest BCUT2D eigenvalue weighted by Gasteiger charge is 2.06. The summed E-state index contributed by atoms with van der Waals surface area (Å²) in [6, 6.07) is 5.04. The van der Waals surface area contributed by atoms with Gasteiger partial charge in [0.1, 0.15) is 0 Å². The number of aliphatic imine (C=N–C) groups is 1. The summed E-state index contributed by atoms with van der Waals surface area (Å²) in [5.74, 6) is 0.986. The highest BCUT2D eigenvalue weighted by molar-refractivity contribution is 14.0. The number of alkyl halides is 2. The molecule has 0 aliphatic rings. The van der Waals surface area contributed by atoms with Crippen molar-refractivity contribution >= 4 is 29.9 Å². The van der Waals surface area contributed by atoms with Gasteiger partial charge in [0.05, 0.1) is 12.2 Å². The van der Waals surface area contributed by atoms with Gasteiger partial charge in [0.15, 0.2) is 12.6 Å². The first-order valence-corrected chi connectivity index (χ1v) is 6.16. The summed E-state index contributed by atoms with van der Waals surface area (Å²) in [7, 11) is 7.59. The van der Waals surface area contributed by atoms with Crippen LogP contribution in [0.4, 0.5) is 8.78 Å². The van der Waals surface area contributed by atoms with Gasteiger partial charge in [-0.2, -0.15) is 0 Å². The summed E-state index contributed by atoms with van der Waals surface area (Å²) in [6.07, 6.45) is -2.51. The van der Waals surface area contributed by atoms with Crippen LogP contribution < -0.4 is 4.74 Å². The highest BCUT2D eigenvalue weighted by atomic mass is 127. The van der Waals surface area contributed by atoms with Gasteiger partial charge < -0.3 is 14.5 Å². The largest absolute Gasteiger partial charge is 0.472 e. The van der Waals surface area contributed by atoms with Gasteiger partial charge in [-0.25, -0.2) is 18.8 Å². The summed E-state index contributed by atoms with van der Waals surface area (Å²) >= 11 is 0. The van der Waals surface area contributed by atoms with Gasteiger partial charge in [-0.1, -0.05) is 6.07 Å². The van der Waals surface area contributed by atoms with Gasteiger partial charge in [-0.05, 0) is 6.07 Å². The van der Waals surface area contributed by atoms with Crippen LogP contribution in [0, 0.1) is 0 Å². The minimum atomic E-state index is -2.51. The Morgan fingerprint density at radius 1 is 1.24 bits per heavy atom. The smallest absolute Gasteiger partial charge is 0.272 e. The lowest BCUT2D eigenvalue weighted by atomic mass is 10.3. The molecule has 0 fully saturated rings. The lowest BCUT2D eigenvalue weighted by Gasteiger charge is -2.22. The first-order valence-electron chi connectivity index (χ1n) is 6.16. The third kappa shape index (κ3) is 7.39. The van der Waals surface area contributed by atoms with E-state index in [9.17, 15) is 8.78 Å². The van der Waals surface area contributed by atoms with Crippen LogP contribution >= 0.6 is 24.0 Å². The molecule has 0 spiro atoms. The molecule has 1 aromatic heterocycles. The second kappa shape index (κ2) is 9.69. The molecule has 0 aliphatic carbocycles. The number of guanidine groups is 1. The molecule has 0 amide bonds. The molecule has 1 heterocycles. The molecule has 0 aromatic carbocycles. The standard InChI is InChI=1S/C13H20F2N4O.HI/c1-18(2)13(19(3)4)16-8-10-6-5-7-12(17-10)20-9-11(14)15;/h5-7,11H,8-9H2,1-4H3;1H. The van der Waals surface area contributed by atoms with Gasteiger partial charge >= 0.3 is 0 Å². The van der Waals surface area contributed by atoms with E-state index in [0.29, 0.717) is 12.2 Å². The molecule has 0 saturated carbocycles. The third-order valence-electron chi connectivity index (χ3n) is 2.32. The topological polar surface area (TPSA) is 41.0 Å². The second-order valence-corrected chi connectivity index (χ2v) is 4.57. The van der Waals surface area contributed by atoms with Crippen molar-refractivity contribution in [1.29, 1.82) is 0 Å². The van der Waals surface area contributed by atoms with Crippen molar-refractivity contribution in [1.82, 2.24) is 14.8 Å². The Morgan fingerprint density at radius 3 is 2.38 bits per heavy atom. The van der Waals surface area contributed by atoms with Crippen LogP contribution in [0.2, 0.25) is 0 Å². The Labute approximate surface area is 141 Å². The average molecular weight is 414 g/mol. The molecule has 120 valence electrons. The minimum absolute atomic E-state index is 0. The zero-order valence-electron chi connectivity index (χ0n) is 12.6. The van der Waals surface area contributed by atoms with Crippen LogP contribution in [0.5, 0.6) is 5.88 Å². The maximum Gasteiger partial charge on any atom is 0.272 e. The lowest BCUT2D eigenvalue weighted by Crippen LogP contribution is -2.35. The Hall–Kier alpha value is -1.19. The van der Waals surface area contributed by atoms with Crippen LogP contribution in [0.1, 0.15) is 5.69 Å². The monoisotopic (exact) mass is 414 g/mol. The predicted molar refractivity (Wildman–Crippen MR) is 89.7 cm³/mol. The fraction of sp³-hybridized carbons (Fsp3) is 0.538. The van der Waals surface area contributed by atoms with E-state index < -0.39 is 13.0 Å². The Bertz CT molecular complexity index is 446. The van der Waals surface area contributed by atoms with Gasteiger partial charge in [-0.15, -0.1) is 24.0 Å². The van der Waals surface area contributed by atoms with E-state index in [-0.39, 0.29) is 29.9 Å². The Morgan fingerprint density at radius 2 is 1.86 bits per heavy atom. The van der Waals surface area contributed by atoms with E-state index in [0.717, 1.165) is 5.96 Å². The second-order valence-electron chi connectivity index (χ2n) is 4.57. The normalized spacial score (nSPS) is 9.86. The quantitative estimate of drug-likeness (QED) is 0.422. The molecule has 0 bridgehead atoms. The van der Waals surface area contributed by atoms with Crippen LogP contribution in [-0.4, -0.2) is 62.0 Å². The molecule has 1 rings (SSSR count). The summed E-state index contributed by atoms with van der Waals surface area (Å²) < 4.78 is 29.0. The number of hydrogen-bond acceptors (Lipinski definition) is 3. The predicted octanol–water partition coefficient (Wildman–Crippen LogP) is 2.32. The van der Waals surface area contributed by atoms with Crippen molar-refractivity contribution in [2.75, 3.05) is 34.8 Å². The lowest BCUT2D eigenvalue weighted by molar-refractivity contribution is 0.0795. The highest BCUT2D eigenvalue weighted by Crippen LogP contribution is 2.10. The summed E-state index contributed by atoms with van der Waals surface area (Å²) in [5, 5.41) is 0. The minimum Gasteiger partial charge on any atom is -0.472 e. The number of pyridine rings is 1. The van der Waals surface area contributed by atoms with E-state index in [1.54, 1.807) is 18.2 Å². The third-order valence-corrected chi connectivity index (χ3v) is 2.32. The average Bonchev–Trinajstić information content (AvgIpc) is 2.36. The van der Waals surface area contributed by atoms with E-state index in [1.165, 1.54) is 0 Å². The number of ether oxygens (including phenoxy) is 1. The maximum atomic E-state index is 12.1. The van der Waals surface area contributed by atoms with Crippen molar-refractivity contribution in [2.45, 2.75) is 13.0 Å². The molecule has 0 atom stereocenters. The maximum absolute atomic E-state index is 12.1. The molecule has 0 radical (unpaired) electrons. The summed E-state index contributed by atoms with van der Waals surface area (Å²) in [4.78, 5) is 12.3. The molecule has 0 N–H and O–H groups in total. The molecule has 21 heavy (non-hydrogen) atoms. The molecule has 0 aliphatic heterocycles. The first kappa shape index (κ1) is 19.8. The van der Waals surface area contributed by atoms with Crippen LogP contribution in [0.25, 0.3) is 0 Å². The van der Waals surface area contributed by atoms with Gasteiger partial charge in [0.25, 0.3) is 6.43 Å². The van der Waals surface area contributed by atoms with Gasteiger partial charge in [0.2, 0.25) is 5.88 Å². The van der Waals surface area contributed by atoms with E-state index >= 15 is 0 Å². The van der Waals surface area contributed by atoms with Crippen molar-refractivity contribution < 1.29 is 13.5 Å². The number of nitrogens with zero attached hydrogens (tertiary/aromatic N) is 4. The van der Waals surface area contributed by atoms with Crippen molar-refractivity contribution in [2.24, 2.45) is 4.99 Å². The van der Waals surface area contributed by atoms with Crippen molar-refractivity contribution in [3.8, 4) is 5.88 Å². The van der Waals surface area contributed by atoms with E-state index in [4.69, 9.17) is 4.74 Å². The van der Waals surface area contributed by atoms with Crippen LogP contribution in [0.3, 0.4) is 0 Å². The molecule has 1 aromatic rings. The zero-order valence-corrected chi connectivity index (χ0v) is 14.9. The first-order chi connectivity index (χ1) is 9.40. The molecule has 0 unspecified atom stereocenters. The molecule has 0 saturated heterocycles. The summed E-state index contributed by atoms with van der Waals surface area (Å²) in [6.45, 7) is -0.294. The summed E-state index contributed by atoms with van der Waals surface area (Å²) in [5.41, 5.74) is 0.665. The number of rotatable bonds is 5. The number of halogens is 3. The van der Waals surface area contributed by atoms with Crippen molar-refractivity contribution in [3.05, 3.63) is 23.9 Å². The van der Waals surface area contributed by atoms with Crippen LogP contribution in [0.15, 0.2) is 23.2 Å². The van der Waals surface area contributed by atoms with Gasteiger partial charge in [0, 0.05) is 34.3 Å².